The third-order valence-corrected chi connectivity index (χ3v) is 7.89. The molecule has 192 valence electrons. The second-order valence-corrected chi connectivity index (χ2v) is 10.4. The summed E-state index contributed by atoms with van der Waals surface area (Å²) in [6, 6.07) is 23.0. The molecule has 3 aromatic rings. The molecule has 0 saturated heterocycles. The summed E-state index contributed by atoms with van der Waals surface area (Å²) < 4.78 is 24.5. The fourth-order valence-electron chi connectivity index (χ4n) is 5.24. The Balaban J connectivity index is 1.48. The van der Waals surface area contributed by atoms with Crippen LogP contribution < -0.4 is 9.47 Å². The van der Waals surface area contributed by atoms with E-state index in [0.29, 0.717) is 0 Å². The molecule has 0 unspecified atom stereocenters. The molecule has 0 spiro atoms. The maximum absolute atomic E-state index is 13.7. The number of hydrogen-bond donors (Lipinski definition) is 0. The maximum atomic E-state index is 13.7. The van der Waals surface area contributed by atoms with Crippen molar-refractivity contribution >= 4 is 28.7 Å². The minimum atomic E-state index is -0.244. The van der Waals surface area contributed by atoms with E-state index in [-0.39, 0.29) is 11.9 Å². The van der Waals surface area contributed by atoms with Crippen LogP contribution in [0.25, 0.3) is 11.8 Å². The molecule has 0 aromatic heterocycles. The number of ether oxygens (including phenoxy) is 2. The van der Waals surface area contributed by atoms with Crippen LogP contribution in [0, 0.1) is 5.82 Å². The summed E-state index contributed by atoms with van der Waals surface area (Å²) in [6.45, 7) is 1.60. The third-order valence-electron chi connectivity index (χ3n) is 7.05. The molecule has 3 aliphatic heterocycles. The van der Waals surface area contributed by atoms with Crippen molar-refractivity contribution in [2.24, 2.45) is 4.99 Å². The standard InChI is InChI=1S/C31H28FN3O2S/c1-34-17-23(16-20-4-12-25(36-2)13-5-20)29-27(18-34)30(22-8-14-26(37-3)15-9-22)35-28(19-38-31(35)33-29)21-6-10-24(32)11-7-21/h4-16,19,30H,17-18H2,1-3H3/b23-16+/t30-/m1/s1. The van der Waals surface area contributed by atoms with E-state index >= 15 is 0 Å². The minimum absolute atomic E-state index is 0.0586. The summed E-state index contributed by atoms with van der Waals surface area (Å²) in [4.78, 5) is 9.85. The average Bonchev–Trinajstić information content (AvgIpc) is 3.36. The van der Waals surface area contributed by atoms with Crippen molar-refractivity contribution in [1.82, 2.24) is 9.80 Å². The molecule has 0 bridgehead atoms. The van der Waals surface area contributed by atoms with Crippen LogP contribution in [-0.2, 0) is 0 Å². The van der Waals surface area contributed by atoms with E-state index in [1.807, 2.05) is 36.4 Å². The summed E-state index contributed by atoms with van der Waals surface area (Å²) in [6.07, 6.45) is 2.23. The van der Waals surface area contributed by atoms with E-state index in [1.54, 1.807) is 26.0 Å². The first-order valence-corrected chi connectivity index (χ1v) is 13.3. The van der Waals surface area contributed by atoms with Gasteiger partial charge in [-0.1, -0.05) is 36.0 Å². The summed E-state index contributed by atoms with van der Waals surface area (Å²) >= 11 is 1.61. The van der Waals surface area contributed by atoms with Crippen LogP contribution in [0.15, 0.2) is 100 Å². The van der Waals surface area contributed by atoms with Gasteiger partial charge in [-0.3, -0.25) is 4.90 Å². The first kappa shape index (κ1) is 24.5. The Labute approximate surface area is 226 Å². The second-order valence-electron chi connectivity index (χ2n) is 9.56. The summed E-state index contributed by atoms with van der Waals surface area (Å²) in [5.74, 6) is 1.41. The molecule has 5 nitrogen and oxygen atoms in total. The Bertz CT molecular complexity index is 1480. The number of likely N-dealkylation sites (N-methyl/N-ethyl adjacent to an activating group) is 1. The molecule has 0 N–H and O–H groups in total. The summed E-state index contributed by atoms with van der Waals surface area (Å²) in [7, 11) is 5.50. The monoisotopic (exact) mass is 525 g/mol. The van der Waals surface area contributed by atoms with Gasteiger partial charge in [0.1, 0.15) is 17.3 Å². The molecule has 7 heteroatoms. The lowest BCUT2D eigenvalue weighted by molar-refractivity contribution is 0.344. The Morgan fingerprint density at radius 1 is 0.895 bits per heavy atom. The van der Waals surface area contributed by atoms with Crippen LogP contribution in [0.4, 0.5) is 4.39 Å². The molecule has 0 saturated carbocycles. The van der Waals surface area contributed by atoms with Crippen molar-refractivity contribution in [2.45, 2.75) is 6.04 Å². The molecular weight excluding hydrogens is 497 g/mol. The first-order chi connectivity index (χ1) is 18.5. The van der Waals surface area contributed by atoms with Crippen molar-refractivity contribution in [3.63, 3.8) is 0 Å². The largest absolute Gasteiger partial charge is 0.497 e. The number of methoxy groups -OCH3 is 2. The van der Waals surface area contributed by atoms with Gasteiger partial charge in [-0.05, 0) is 89.5 Å². The van der Waals surface area contributed by atoms with Crippen molar-refractivity contribution in [2.75, 3.05) is 34.4 Å². The Morgan fingerprint density at radius 2 is 1.55 bits per heavy atom. The lowest BCUT2D eigenvalue weighted by Gasteiger charge is -2.42. The van der Waals surface area contributed by atoms with Crippen molar-refractivity contribution in [1.29, 1.82) is 0 Å². The number of thioether (sulfide) groups is 1. The highest BCUT2D eigenvalue weighted by Gasteiger charge is 2.41. The Kier molecular flexibility index (Phi) is 6.55. The molecule has 0 amide bonds. The number of halogens is 1. The van der Waals surface area contributed by atoms with Crippen LogP contribution in [0.5, 0.6) is 11.5 Å². The zero-order valence-corrected chi connectivity index (χ0v) is 22.3. The molecule has 3 aromatic carbocycles. The van der Waals surface area contributed by atoms with Crippen LogP contribution >= 0.6 is 11.8 Å². The predicted octanol–water partition coefficient (Wildman–Crippen LogP) is 6.58. The number of nitrogens with zero attached hydrogens (tertiary/aromatic N) is 3. The van der Waals surface area contributed by atoms with Gasteiger partial charge < -0.3 is 14.4 Å². The highest BCUT2D eigenvalue weighted by atomic mass is 32.2. The van der Waals surface area contributed by atoms with E-state index < -0.39 is 0 Å². The first-order valence-electron chi connectivity index (χ1n) is 12.5. The van der Waals surface area contributed by atoms with E-state index in [1.165, 1.54) is 23.3 Å². The maximum Gasteiger partial charge on any atom is 0.174 e. The lowest BCUT2D eigenvalue weighted by atomic mass is 9.88. The molecule has 1 atom stereocenters. The summed E-state index contributed by atoms with van der Waals surface area (Å²) in [5.41, 5.74) is 7.71. The van der Waals surface area contributed by atoms with Gasteiger partial charge in [0.25, 0.3) is 0 Å². The fourth-order valence-corrected chi connectivity index (χ4v) is 6.17. The van der Waals surface area contributed by atoms with Gasteiger partial charge in [0, 0.05) is 18.5 Å². The minimum Gasteiger partial charge on any atom is -0.497 e. The molecule has 6 rings (SSSR count). The molecular formula is C31H28FN3O2S. The number of rotatable bonds is 5. The molecule has 0 radical (unpaired) electrons. The second kappa shape index (κ2) is 10.2. The van der Waals surface area contributed by atoms with Crippen LogP contribution in [0.1, 0.15) is 22.7 Å². The van der Waals surface area contributed by atoms with Gasteiger partial charge in [0.05, 0.1) is 31.7 Å². The molecule has 38 heavy (non-hydrogen) atoms. The van der Waals surface area contributed by atoms with E-state index in [9.17, 15) is 4.39 Å². The number of fused-ring (bicyclic) bond motifs is 1. The molecule has 3 aliphatic rings. The SMILES string of the molecule is COc1ccc(/C=C2\CN(C)CC3=C2N=C2SC=C(c4ccc(F)cc4)N2[C@@H]3c2ccc(OC)cc2)cc1. The zero-order valence-electron chi connectivity index (χ0n) is 21.5. The topological polar surface area (TPSA) is 37.3 Å². The van der Waals surface area contributed by atoms with Gasteiger partial charge in [-0.15, -0.1) is 0 Å². The Hall–Kier alpha value is -3.81. The van der Waals surface area contributed by atoms with Gasteiger partial charge in [-0.25, -0.2) is 9.38 Å². The summed E-state index contributed by atoms with van der Waals surface area (Å²) in [5, 5.41) is 3.05. The smallest absolute Gasteiger partial charge is 0.174 e. The van der Waals surface area contributed by atoms with Crippen molar-refractivity contribution in [3.05, 3.63) is 118 Å². The van der Waals surface area contributed by atoms with E-state index in [2.05, 4.69) is 52.6 Å². The molecule has 3 heterocycles. The number of aliphatic imine (C=N–C) groups is 1. The molecule has 0 aliphatic carbocycles. The van der Waals surface area contributed by atoms with Crippen molar-refractivity contribution < 1.29 is 13.9 Å². The number of amidine groups is 1. The average molecular weight is 526 g/mol. The molecule has 0 fully saturated rings. The van der Waals surface area contributed by atoms with Crippen LogP contribution in [0.3, 0.4) is 0 Å². The van der Waals surface area contributed by atoms with Crippen molar-refractivity contribution in [3.8, 4) is 11.5 Å². The van der Waals surface area contributed by atoms with E-state index in [4.69, 9.17) is 14.5 Å². The van der Waals surface area contributed by atoms with Gasteiger partial charge in [0.15, 0.2) is 5.17 Å². The van der Waals surface area contributed by atoms with E-state index in [0.717, 1.165) is 57.8 Å². The van der Waals surface area contributed by atoms with Gasteiger partial charge in [0.2, 0.25) is 0 Å². The highest BCUT2D eigenvalue weighted by molar-refractivity contribution is 8.16. The Morgan fingerprint density at radius 3 is 2.21 bits per heavy atom. The lowest BCUT2D eigenvalue weighted by Crippen LogP contribution is -2.40. The van der Waals surface area contributed by atoms with Crippen LogP contribution in [-0.4, -0.2) is 49.3 Å². The third kappa shape index (κ3) is 4.52. The van der Waals surface area contributed by atoms with Crippen LogP contribution in [0.2, 0.25) is 0 Å². The highest BCUT2D eigenvalue weighted by Crippen LogP contribution is 2.49. The quantitative estimate of drug-likeness (QED) is 0.376. The zero-order chi connectivity index (χ0) is 26.2. The van der Waals surface area contributed by atoms with Gasteiger partial charge >= 0.3 is 0 Å². The number of benzene rings is 3. The predicted molar refractivity (Wildman–Crippen MR) is 152 cm³/mol. The fraction of sp³-hybridized carbons (Fsp3) is 0.194. The normalized spacial score (nSPS) is 20.2. The number of hydrogen-bond acceptors (Lipinski definition) is 6. The van der Waals surface area contributed by atoms with Gasteiger partial charge in [-0.2, -0.15) is 0 Å².